The molecule has 0 unspecified atom stereocenters. The van der Waals surface area contributed by atoms with E-state index in [2.05, 4.69) is 19.9 Å². The van der Waals surface area contributed by atoms with Gasteiger partial charge in [-0.3, -0.25) is 0 Å². The summed E-state index contributed by atoms with van der Waals surface area (Å²) in [6, 6.07) is 9.87. The molecule has 6 nitrogen and oxygen atoms in total. The minimum absolute atomic E-state index is 0.183. The molecular weight excluding hydrogens is 256 g/mol. The summed E-state index contributed by atoms with van der Waals surface area (Å²) in [5, 5.41) is 18.9. The summed E-state index contributed by atoms with van der Waals surface area (Å²) in [5.41, 5.74) is 2.98. The Morgan fingerprint density at radius 2 is 1.15 bits per heavy atom. The zero-order valence-electron chi connectivity index (χ0n) is 10.3. The maximum absolute atomic E-state index is 9.46. The highest BCUT2D eigenvalue weighted by Gasteiger charge is 2.10. The lowest BCUT2D eigenvalue weighted by Gasteiger charge is -1.89. The van der Waals surface area contributed by atoms with Crippen LogP contribution in [0.1, 0.15) is 0 Å². The Balaban J connectivity index is 1.91. The van der Waals surface area contributed by atoms with Gasteiger partial charge in [0.15, 0.2) is 11.6 Å². The predicted octanol–water partition coefficient (Wildman–Crippen LogP) is 2.52. The third-order valence-electron chi connectivity index (χ3n) is 3.16. The van der Waals surface area contributed by atoms with E-state index >= 15 is 0 Å². The van der Waals surface area contributed by atoms with Crippen molar-refractivity contribution in [2.45, 2.75) is 0 Å². The number of hydrogen-bond donors (Lipinski definition) is 4. The molecule has 0 atom stereocenters. The van der Waals surface area contributed by atoms with E-state index < -0.39 is 0 Å². The molecule has 2 heterocycles. The topological polar surface area (TPSA) is 97.8 Å². The SMILES string of the molecule is Oc1ccc2nc(-c3nc4ccc(O)cc4[nH]3)[nH]c2c1. The van der Waals surface area contributed by atoms with E-state index in [4.69, 9.17) is 0 Å². The first-order valence-corrected chi connectivity index (χ1v) is 6.07. The molecule has 0 amide bonds. The second-order valence-corrected chi connectivity index (χ2v) is 4.57. The molecule has 0 aliphatic rings. The minimum Gasteiger partial charge on any atom is -0.508 e. The lowest BCUT2D eigenvalue weighted by atomic mass is 10.3. The number of phenolic OH excluding ortho intramolecular Hbond substituents is 2. The highest BCUT2D eigenvalue weighted by atomic mass is 16.3. The van der Waals surface area contributed by atoms with Crippen LogP contribution in [0.15, 0.2) is 36.4 Å². The molecule has 6 heteroatoms. The molecule has 20 heavy (non-hydrogen) atoms. The fourth-order valence-electron chi connectivity index (χ4n) is 2.22. The van der Waals surface area contributed by atoms with Gasteiger partial charge in [0.25, 0.3) is 0 Å². The summed E-state index contributed by atoms with van der Waals surface area (Å²) in [6.45, 7) is 0. The molecule has 2 aromatic carbocycles. The quantitative estimate of drug-likeness (QED) is 0.425. The number of aromatic amines is 2. The van der Waals surface area contributed by atoms with E-state index in [9.17, 15) is 10.2 Å². The van der Waals surface area contributed by atoms with Crippen LogP contribution in [0, 0.1) is 0 Å². The van der Waals surface area contributed by atoms with Gasteiger partial charge in [-0.05, 0) is 24.3 Å². The Bertz CT molecular complexity index is 861. The summed E-state index contributed by atoms with van der Waals surface area (Å²) >= 11 is 0. The molecular formula is C14H10N4O2. The molecule has 0 saturated carbocycles. The number of imidazole rings is 2. The first-order chi connectivity index (χ1) is 9.69. The van der Waals surface area contributed by atoms with Crippen LogP contribution in [-0.4, -0.2) is 30.1 Å². The third-order valence-corrected chi connectivity index (χ3v) is 3.16. The Labute approximate surface area is 112 Å². The van der Waals surface area contributed by atoms with E-state index in [1.165, 1.54) is 0 Å². The maximum atomic E-state index is 9.46. The molecule has 4 rings (SSSR count). The van der Waals surface area contributed by atoms with Gasteiger partial charge < -0.3 is 20.2 Å². The van der Waals surface area contributed by atoms with Crippen LogP contribution in [0.2, 0.25) is 0 Å². The average Bonchev–Trinajstić information content (AvgIpc) is 3.00. The van der Waals surface area contributed by atoms with Gasteiger partial charge in [-0.15, -0.1) is 0 Å². The molecule has 0 fully saturated rings. The van der Waals surface area contributed by atoms with Crippen LogP contribution in [0.3, 0.4) is 0 Å². The van der Waals surface area contributed by atoms with E-state index in [-0.39, 0.29) is 11.5 Å². The van der Waals surface area contributed by atoms with Gasteiger partial charge in [0.05, 0.1) is 22.1 Å². The second kappa shape index (κ2) is 3.74. The van der Waals surface area contributed by atoms with Crippen molar-refractivity contribution in [2.75, 3.05) is 0 Å². The standard InChI is InChI=1S/C14H10N4O2/c19-7-1-3-9-11(5-7)17-13(15-9)14-16-10-4-2-8(20)6-12(10)18-14/h1-6,19-20H,(H,15,17)(H,16,18). The Hall–Kier alpha value is -3.02. The monoisotopic (exact) mass is 266 g/mol. The maximum Gasteiger partial charge on any atom is 0.174 e. The van der Waals surface area contributed by atoms with E-state index in [1.54, 1.807) is 36.4 Å². The number of fused-ring (bicyclic) bond motifs is 2. The average molecular weight is 266 g/mol. The van der Waals surface area contributed by atoms with E-state index in [0.29, 0.717) is 11.6 Å². The molecule has 0 aliphatic heterocycles. The number of H-pyrrole nitrogens is 2. The number of benzene rings is 2. The second-order valence-electron chi connectivity index (χ2n) is 4.57. The van der Waals surface area contributed by atoms with Crippen LogP contribution in [0.5, 0.6) is 11.5 Å². The summed E-state index contributed by atoms with van der Waals surface area (Å²) in [7, 11) is 0. The van der Waals surface area contributed by atoms with E-state index in [0.717, 1.165) is 22.1 Å². The molecule has 0 aliphatic carbocycles. The summed E-state index contributed by atoms with van der Waals surface area (Å²) in [6.07, 6.45) is 0. The van der Waals surface area contributed by atoms with Gasteiger partial charge in [0.2, 0.25) is 0 Å². The van der Waals surface area contributed by atoms with Crippen LogP contribution < -0.4 is 0 Å². The molecule has 2 aromatic heterocycles. The van der Waals surface area contributed by atoms with Crippen molar-refractivity contribution in [1.29, 1.82) is 0 Å². The number of phenols is 2. The lowest BCUT2D eigenvalue weighted by Crippen LogP contribution is -1.81. The van der Waals surface area contributed by atoms with Gasteiger partial charge in [0.1, 0.15) is 11.5 Å². The molecule has 4 aromatic rings. The highest BCUT2D eigenvalue weighted by Crippen LogP contribution is 2.24. The van der Waals surface area contributed by atoms with Crippen molar-refractivity contribution in [2.24, 2.45) is 0 Å². The zero-order valence-corrected chi connectivity index (χ0v) is 10.3. The van der Waals surface area contributed by atoms with Crippen LogP contribution >= 0.6 is 0 Å². The normalized spacial score (nSPS) is 11.4. The van der Waals surface area contributed by atoms with Crippen molar-refractivity contribution in [3.63, 3.8) is 0 Å². The van der Waals surface area contributed by atoms with Gasteiger partial charge in [-0.1, -0.05) is 0 Å². The number of nitrogens with one attached hydrogen (secondary N) is 2. The highest BCUT2D eigenvalue weighted by molar-refractivity contribution is 5.83. The van der Waals surface area contributed by atoms with Gasteiger partial charge in [0, 0.05) is 12.1 Å². The third kappa shape index (κ3) is 1.58. The van der Waals surface area contributed by atoms with Crippen LogP contribution in [0.4, 0.5) is 0 Å². The molecule has 0 bridgehead atoms. The molecule has 0 saturated heterocycles. The molecule has 0 spiro atoms. The summed E-state index contributed by atoms with van der Waals surface area (Å²) in [5.74, 6) is 1.53. The number of aromatic nitrogens is 4. The predicted molar refractivity (Wildman–Crippen MR) is 74.5 cm³/mol. The van der Waals surface area contributed by atoms with Gasteiger partial charge >= 0.3 is 0 Å². The number of aromatic hydroxyl groups is 2. The first kappa shape index (κ1) is 10.9. The van der Waals surface area contributed by atoms with Crippen molar-refractivity contribution in [3.05, 3.63) is 36.4 Å². The summed E-state index contributed by atoms with van der Waals surface area (Å²) in [4.78, 5) is 15.0. The Morgan fingerprint density at radius 1 is 0.700 bits per heavy atom. The smallest absolute Gasteiger partial charge is 0.174 e. The fourth-order valence-corrected chi connectivity index (χ4v) is 2.22. The van der Waals surface area contributed by atoms with Crippen molar-refractivity contribution in [3.8, 4) is 23.1 Å². The van der Waals surface area contributed by atoms with Gasteiger partial charge in [-0.2, -0.15) is 0 Å². The summed E-state index contributed by atoms with van der Waals surface area (Å²) < 4.78 is 0. The van der Waals surface area contributed by atoms with Gasteiger partial charge in [-0.25, -0.2) is 9.97 Å². The Kier molecular flexibility index (Phi) is 2.03. The number of rotatable bonds is 1. The minimum atomic E-state index is 0.183. The molecule has 0 radical (unpaired) electrons. The fraction of sp³-hybridized carbons (Fsp3) is 0. The largest absolute Gasteiger partial charge is 0.508 e. The van der Waals surface area contributed by atoms with Crippen LogP contribution in [-0.2, 0) is 0 Å². The van der Waals surface area contributed by atoms with E-state index in [1.807, 2.05) is 0 Å². The van der Waals surface area contributed by atoms with Crippen molar-refractivity contribution >= 4 is 22.1 Å². The van der Waals surface area contributed by atoms with Crippen molar-refractivity contribution < 1.29 is 10.2 Å². The zero-order chi connectivity index (χ0) is 13.7. The number of hydrogen-bond acceptors (Lipinski definition) is 4. The molecule has 98 valence electrons. The lowest BCUT2D eigenvalue weighted by molar-refractivity contribution is 0.475. The van der Waals surface area contributed by atoms with Crippen molar-refractivity contribution in [1.82, 2.24) is 19.9 Å². The van der Waals surface area contributed by atoms with Crippen LogP contribution in [0.25, 0.3) is 33.7 Å². The number of nitrogens with zero attached hydrogens (tertiary/aromatic N) is 2. The first-order valence-electron chi connectivity index (χ1n) is 6.07. The molecule has 4 N–H and O–H groups in total. The Morgan fingerprint density at radius 3 is 1.60 bits per heavy atom.